The van der Waals surface area contributed by atoms with Crippen molar-refractivity contribution < 1.29 is 18.0 Å². The van der Waals surface area contributed by atoms with Gasteiger partial charge in [-0.25, -0.2) is 0 Å². The number of hydrogen-bond acceptors (Lipinski definition) is 1. The van der Waals surface area contributed by atoms with E-state index in [1.807, 2.05) is 42.5 Å². The number of benzene rings is 3. The third-order valence-electron chi connectivity index (χ3n) is 4.11. The summed E-state index contributed by atoms with van der Waals surface area (Å²) in [5.41, 5.74) is -0.448. The van der Waals surface area contributed by atoms with E-state index < -0.39 is 23.7 Å². The van der Waals surface area contributed by atoms with Gasteiger partial charge >= 0.3 is 6.18 Å². The summed E-state index contributed by atoms with van der Waals surface area (Å²) in [6.45, 7) is 1.76. The molecule has 0 aliphatic rings. The van der Waals surface area contributed by atoms with Gasteiger partial charge in [-0.1, -0.05) is 54.6 Å². The van der Waals surface area contributed by atoms with Gasteiger partial charge in [-0.2, -0.15) is 13.2 Å². The van der Waals surface area contributed by atoms with Crippen LogP contribution in [0.2, 0.25) is 0 Å². The van der Waals surface area contributed by atoms with Crippen molar-refractivity contribution >= 4 is 16.7 Å². The molecule has 3 aromatic rings. The molecule has 128 valence electrons. The molecule has 0 spiro atoms. The lowest BCUT2D eigenvalue weighted by Gasteiger charge is -2.18. The van der Waals surface area contributed by atoms with Gasteiger partial charge in [-0.3, -0.25) is 4.79 Å². The zero-order valence-electron chi connectivity index (χ0n) is 13.5. The van der Waals surface area contributed by atoms with Crippen LogP contribution >= 0.6 is 0 Å². The topological polar surface area (TPSA) is 29.1 Å². The fourth-order valence-electron chi connectivity index (χ4n) is 2.91. The second-order valence-corrected chi connectivity index (χ2v) is 5.81. The molecule has 3 rings (SSSR count). The maximum absolute atomic E-state index is 13.1. The molecule has 0 fully saturated rings. The van der Waals surface area contributed by atoms with Crippen LogP contribution in [0.1, 0.15) is 34.5 Å². The van der Waals surface area contributed by atoms with Gasteiger partial charge in [0.2, 0.25) is 0 Å². The lowest BCUT2D eigenvalue weighted by Crippen LogP contribution is -2.29. The number of rotatable bonds is 3. The molecule has 0 aliphatic carbocycles. The highest BCUT2D eigenvalue weighted by Crippen LogP contribution is 2.32. The van der Waals surface area contributed by atoms with Gasteiger partial charge in [0.25, 0.3) is 5.91 Å². The van der Waals surface area contributed by atoms with Gasteiger partial charge in [-0.15, -0.1) is 0 Å². The van der Waals surface area contributed by atoms with Crippen molar-refractivity contribution in [1.82, 2.24) is 5.32 Å². The van der Waals surface area contributed by atoms with E-state index in [1.54, 1.807) is 6.92 Å². The first kappa shape index (κ1) is 17.0. The van der Waals surface area contributed by atoms with Crippen LogP contribution in [0.4, 0.5) is 13.2 Å². The lowest BCUT2D eigenvalue weighted by molar-refractivity contribution is -0.137. The number of alkyl halides is 3. The quantitative estimate of drug-likeness (QED) is 0.682. The Morgan fingerprint density at radius 3 is 2.32 bits per heavy atom. The van der Waals surface area contributed by atoms with Crippen LogP contribution in [-0.4, -0.2) is 5.91 Å². The summed E-state index contributed by atoms with van der Waals surface area (Å²) in [5.74, 6) is -0.742. The van der Waals surface area contributed by atoms with E-state index in [-0.39, 0.29) is 5.56 Å². The molecular formula is C20H16F3NO. The second kappa shape index (κ2) is 6.59. The highest BCUT2D eigenvalue weighted by molar-refractivity contribution is 5.96. The molecule has 25 heavy (non-hydrogen) atoms. The Labute approximate surface area is 143 Å². The summed E-state index contributed by atoms with van der Waals surface area (Å²) in [7, 11) is 0. The summed E-state index contributed by atoms with van der Waals surface area (Å²) in [6.07, 6.45) is -4.57. The molecule has 0 saturated heterocycles. The van der Waals surface area contributed by atoms with Crippen molar-refractivity contribution in [3.63, 3.8) is 0 Å². The van der Waals surface area contributed by atoms with E-state index >= 15 is 0 Å². The first-order chi connectivity index (χ1) is 11.9. The van der Waals surface area contributed by atoms with Crippen LogP contribution in [0.15, 0.2) is 66.7 Å². The Kier molecular flexibility index (Phi) is 4.49. The SMILES string of the molecule is CC(NC(=O)c1ccccc1C(F)(F)F)c1cccc2ccccc12. The molecular weight excluding hydrogens is 327 g/mol. The molecule has 1 amide bonds. The summed E-state index contributed by atoms with van der Waals surface area (Å²) in [4.78, 5) is 12.4. The summed E-state index contributed by atoms with van der Waals surface area (Å²) in [5, 5.41) is 4.65. The number of fused-ring (bicyclic) bond motifs is 1. The smallest absolute Gasteiger partial charge is 0.345 e. The van der Waals surface area contributed by atoms with Crippen LogP contribution in [0.25, 0.3) is 10.8 Å². The Morgan fingerprint density at radius 2 is 1.56 bits per heavy atom. The third-order valence-corrected chi connectivity index (χ3v) is 4.11. The predicted molar refractivity (Wildman–Crippen MR) is 91.3 cm³/mol. The van der Waals surface area contributed by atoms with Crippen LogP contribution in [0, 0.1) is 0 Å². The van der Waals surface area contributed by atoms with Gasteiger partial charge in [-0.05, 0) is 35.4 Å². The van der Waals surface area contributed by atoms with Crippen molar-refractivity contribution in [2.24, 2.45) is 0 Å². The van der Waals surface area contributed by atoms with Crippen LogP contribution in [0.5, 0.6) is 0 Å². The number of carbonyl (C=O) groups excluding carboxylic acids is 1. The lowest BCUT2D eigenvalue weighted by atomic mass is 9.99. The minimum absolute atomic E-state index is 0.373. The van der Waals surface area contributed by atoms with E-state index in [0.29, 0.717) is 0 Å². The first-order valence-corrected chi connectivity index (χ1v) is 7.82. The minimum atomic E-state index is -4.57. The van der Waals surface area contributed by atoms with Crippen molar-refractivity contribution in [3.8, 4) is 0 Å². The molecule has 1 atom stereocenters. The number of halogens is 3. The van der Waals surface area contributed by atoms with E-state index in [1.165, 1.54) is 18.2 Å². The van der Waals surface area contributed by atoms with Crippen LogP contribution < -0.4 is 5.32 Å². The molecule has 1 N–H and O–H groups in total. The third kappa shape index (κ3) is 3.50. The van der Waals surface area contributed by atoms with Gasteiger partial charge in [0.1, 0.15) is 0 Å². The molecule has 0 bridgehead atoms. The maximum atomic E-state index is 13.1. The van der Waals surface area contributed by atoms with E-state index in [2.05, 4.69) is 5.32 Å². The van der Waals surface area contributed by atoms with Crippen molar-refractivity contribution in [3.05, 3.63) is 83.4 Å². The largest absolute Gasteiger partial charge is 0.417 e. The molecule has 0 aromatic heterocycles. The maximum Gasteiger partial charge on any atom is 0.417 e. The Hall–Kier alpha value is -2.82. The second-order valence-electron chi connectivity index (χ2n) is 5.81. The highest BCUT2D eigenvalue weighted by atomic mass is 19.4. The number of amides is 1. The first-order valence-electron chi connectivity index (χ1n) is 7.82. The van der Waals surface area contributed by atoms with Gasteiger partial charge in [0, 0.05) is 0 Å². The molecule has 0 radical (unpaired) electrons. The van der Waals surface area contributed by atoms with Gasteiger partial charge in [0.05, 0.1) is 17.2 Å². The van der Waals surface area contributed by atoms with Gasteiger partial charge in [0.15, 0.2) is 0 Å². The fourth-order valence-corrected chi connectivity index (χ4v) is 2.91. The van der Waals surface area contributed by atoms with Gasteiger partial charge < -0.3 is 5.32 Å². The van der Waals surface area contributed by atoms with Crippen molar-refractivity contribution in [2.45, 2.75) is 19.1 Å². The fraction of sp³-hybridized carbons (Fsp3) is 0.150. The summed E-state index contributed by atoms with van der Waals surface area (Å²) < 4.78 is 39.3. The van der Waals surface area contributed by atoms with Crippen LogP contribution in [0.3, 0.4) is 0 Å². The zero-order valence-corrected chi connectivity index (χ0v) is 13.5. The van der Waals surface area contributed by atoms with E-state index in [4.69, 9.17) is 0 Å². The standard InChI is InChI=1S/C20H16F3NO/c1-13(15-11-6-8-14-7-2-3-9-16(14)15)24-19(25)17-10-4-5-12-18(17)20(21,22)23/h2-13H,1H3,(H,24,25). The van der Waals surface area contributed by atoms with E-state index in [0.717, 1.165) is 22.4 Å². The molecule has 2 nitrogen and oxygen atoms in total. The number of hydrogen-bond donors (Lipinski definition) is 1. The Balaban J connectivity index is 1.91. The average Bonchev–Trinajstić information content (AvgIpc) is 2.60. The summed E-state index contributed by atoms with van der Waals surface area (Å²) in [6, 6.07) is 17.7. The predicted octanol–water partition coefficient (Wildman–Crippen LogP) is 5.35. The number of nitrogens with one attached hydrogen (secondary N) is 1. The molecule has 3 aromatic carbocycles. The molecule has 0 heterocycles. The highest BCUT2D eigenvalue weighted by Gasteiger charge is 2.35. The van der Waals surface area contributed by atoms with Crippen molar-refractivity contribution in [1.29, 1.82) is 0 Å². The Morgan fingerprint density at radius 1 is 0.920 bits per heavy atom. The monoisotopic (exact) mass is 343 g/mol. The summed E-state index contributed by atoms with van der Waals surface area (Å²) >= 11 is 0. The Bertz CT molecular complexity index is 913. The molecule has 5 heteroatoms. The zero-order chi connectivity index (χ0) is 18.0. The minimum Gasteiger partial charge on any atom is -0.345 e. The molecule has 0 aliphatic heterocycles. The van der Waals surface area contributed by atoms with E-state index in [9.17, 15) is 18.0 Å². The van der Waals surface area contributed by atoms with Crippen molar-refractivity contribution in [2.75, 3.05) is 0 Å². The molecule has 0 saturated carbocycles. The van der Waals surface area contributed by atoms with Crippen LogP contribution in [-0.2, 0) is 6.18 Å². The average molecular weight is 343 g/mol. The normalized spacial score (nSPS) is 12.8. The number of carbonyl (C=O) groups is 1. The molecule has 1 unspecified atom stereocenters.